The van der Waals surface area contributed by atoms with Gasteiger partial charge in [0.15, 0.2) is 0 Å². The number of carbonyl (C=O) groups is 1. The van der Waals surface area contributed by atoms with Crippen molar-refractivity contribution in [3.63, 3.8) is 0 Å². The zero-order chi connectivity index (χ0) is 51.6. The second-order valence-corrected chi connectivity index (χ2v) is 23.6. The topological polar surface area (TPSA) is 54.5 Å². The van der Waals surface area contributed by atoms with Crippen LogP contribution in [-0.4, -0.2) is 43.3 Å². The number of alkyl halides is 3. The Morgan fingerprint density at radius 2 is 0.808 bits per heavy atom. The van der Waals surface area contributed by atoms with Crippen molar-refractivity contribution >= 4 is 22.4 Å². The molecule has 4 rings (SSSR count). The molecular weight excluding hydrogens is 912 g/mol. The fraction of sp³-hybridized carbons (Fsp3) is 0.846. The van der Waals surface area contributed by atoms with Gasteiger partial charge in [0, 0.05) is 36.9 Å². The maximum Gasteiger partial charge on any atom is 0.491 e. The smallest absolute Gasteiger partial charge is 0.400 e. The number of aromatic nitrogens is 1. The number of hydrogen-bond acceptors (Lipinski definition) is 5. The van der Waals surface area contributed by atoms with Crippen LogP contribution in [0.4, 0.5) is 18.9 Å². The Hall–Kier alpha value is -2.35. The molecule has 1 aromatic carbocycles. The lowest BCUT2D eigenvalue weighted by Crippen LogP contribution is -2.33. The predicted molar refractivity (Wildman–Crippen MR) is 307 cm³/mol. The zero-order valence-electron chi connectivity index (χ0n) is 47.2. The summed E-state index contributed by atoms with van der Waals surface area (Å²) in [6.45, 7) is 4.07. The molecule has 420 valence electrons. The summed E-state index contributed by atoms with van der Waals surface area (Å²) in [5, 5.41) is 4.85. The standard InChI is InChI=1S/C65H112F3N3O2/c66-65(67,68)63(72)73-62-61-48-47-60(57-59(61)49-53-70-62)71-55-46-44-42-40-38-36-34-32-30-28-26-24-22-20-18-16-14-12-10-8-6-4-2-1-3-5-7-9-11-13-15-17-19-21-23-25-27-29-31-33-35-37-39-41-43-45-50-64(52-56-71)51-54-69-58-64/h47-49,53,57,69H,1-46,50-52,54-56,58H2. The van der Waals surface area contributed by atoms with Crippen LogP contribution in [0.15, 0.2) is 30.5 Å². The molecule has 2 fully saturated rings. The van der Waals surface area contributed by atoms with Crippen LogP contribution in [0.2, 0.25) is 0 Å². The molecule has 0 bridgehead atoms. The molecule has 0 saturated carbocycles. The number of halogens is 3. The molecule has 1 N–H and O–H groups in total. The van der Waals surface area contributed by atoms with Crippen LogP contribution < -0.4 is 15.0 Å². The van der Waals surface area contributed by atoms with Gasteiger partial charge >= 0.3 is 12.1 Å². The van der Waals surface area contributed by atoms with Crippen LogP contribution >= 0.6 is 0 Å². The quantitative estimate of drug-likeness (QED) is 0.304. The van der Waals surface area contributed by atoms with Crippen LogP contribution in [0.25, 0.3) is 10.8 Å². The molecule has 2 aliphatic heterocycles. The molecule has 2 aliphatic rings. The van der Waals surface area contributed by atoms with E-state index in [-0.39, 0.29) is 5.88 Å². The summed E-state index contributed by atoms with van der Waals surface area (Å²) in [5.41, 5.74) is 1.38. The molecule has 1 aromatic heterocycles. The van der Waals surface area contributed by atoms with Gasteiger partial charge in [0.1, 0.15) is 0 Å². The van der Waals surface area contributed by atoms with Gasteiger partial charge in [0.05, 0.1) is 0 Å². The summed E-state index contributed by atoms with van der Waals surface area (Å²) in [6, 6.07) is 7.59. The number of hydrogen-bond donors (Lipinski definition) is 1. The number of ether oxygens (including phenoxy) is 1. The Labute approximate surface area is 447 Å². The molecular formula is C65H112F3N3O2. The maximum absolute atomic E-state index is 13.1. The van der Waals surface area contributed by atoms with Crippen LogP contribution in [0.3, 0.4) is 0 Å². The SMILES string of the molecule is O=C(Oc1nccc2cc(N3CCCCCCCCCCCCCCCCCCCCCCCCCCCCCCCCCCCCCCCCCCCCCCCCC4(CCNC4)CC3)ccc12)C(F)(F)F. The summed E-state index contributed by atoms with van der Waals surface area (Å²) in [5.74, 6) is -2.54. The van der Waals surface area contributed by atoms with E-state index in [0.29, 0.717) is 10.8 Å². The minimum absolute atomic E-state index is 0.296. The molecule has 2 saturated heterocycles. The number of esters is 1. The molecule has 0 amide bonds. The second kappa shape index (κ2) is 41.8. The van der Waals surface area contributed by atoms with Crippen LogP contribution in [0.5, 0.6) is 5.88 Å². The molecule has 1 unspecified atom stereocenters. The molecule has 0 radical (unpaired) electrons. The summed E-state index contributed by atoms with van der Waals surface area (Å²) in [4.78, 5) is 18.2. The first-order valence-electron chi connectivity index (χ1n) is 32.0. The van der Waals surface area contributed by atoms with Crippen molar-refractivity contribution in [2.75, 3.05) is 31.1 Å². The van der Waals surface area contributed by atoms with E-state index in [1.807, 2.05) is 12.1 Å². The van der Waals surface area contributed by atoms with Crippen molar-refractivity contribution in [3.8, 4) is 5.88 Å². The number of nitrogens with one attached hydrogen (secondary N) is 1. The lowest BCUT2D eigenvalue weighted by Gasteiger charge is -2.33. The molecule has 1 atom stereocenters. The van der Waals surface area contributed by atoms with Gasteiger partial charge in [-0.25, -0.2) is 9.78 Å². The van der Waals surface area contributed by atoms with Crippen molar-refractivity contribution in [3.05, 3.63) is 30.5 Å². The minimum atomic E-state index is -5.08. The van der Waals surface area contributed by atoms with Crippen molar-refractivity contribution in [1.29, 1.82) is 0 Å². The first-order valence-corrected chi connectivity index (χ1v) is 32.0. The van der Waals surface area contributed by atoms with Crippen LogP contribution in [0, 0.1) is 5.41 Å². The third kappa shape index (κ3) is 30.8. The van der Waals surface area contributed by atoms with E-state index in [1.165, 1.54) is 308 Å². The average molecular weight is 1020 g/mol. The number of carbonyl (C=O) groups excluding carboxylic acids is 1. The maximum atomic E-state index is 13.1. The second-order valence-electron chi connectivity index (χ2n) is 23.6. The Kier molecular flexibility index (Phi) is 36.2. The van der Waals surface area contributed by atoms with Crippen LogP contribution in [-0.2, 0) is 4.79 Å². The zero-order valence-corrected chi connectivity index (χ0v) is 47.2. The van der Waals surface area contributed by atoms with Gasteiger partial charge in [-0.15, -0.1) is 0 Å². The van der Waals surface area contributed by atoms with Gasteiger partial charge in [-0.1, -0.05) is 289 Å². The third-order valence-electron chi connectivity index (χ3n) is 17.1. The number of pyridine rings is 1. The Bertz CT molecular complexity index is 1610. The monoisotopic (exact) mass is 1020 g/mol. The van der Waals surface area contributed by atoms with Crippen molar-refractivity contribution in [2.45, 2.75) is 321 Å². The van der Waals surface area contributed by atoms with Crippen molar-refractivity contribution in [1.82, 2.24) is 10.3 Å². The van der Waals surface area contributed by atoms with E-state index < -0.39 is 12.1 Å². The van der Waals surface area contributed by atoms with E-state index >= 15 is 0 Å². The molecule has 2 aromatic rings. The van der Waals surface area contributed by atoms with E-state index in [2.05, 4.69) is 15.2 Å². The van der Waals surface area contributed by atoms with Gasteiger partial charge in [0.2, 0.25) is 5.88 Å². The molecule has 3 heterocycles. The van der Waals surface area contributed by atoms with Gasteiger partial charge in [-0.3, -0.25) is 0 Å². The third-order valence-corrected chi connectivity index (χ3v) is 17.1. The fourth-order valence-electron chi connectivity index (χ4n) is 12.2. The Balaban J connectivity index is 1.18. The van der Waals surface area contributed by atoms with E-state index in [0.717, 1.165) is 50.1 Å². The highest BCUT2D eigenvalue weighted by Crippen LogP contribution is 2.37. The first kappa shape index (κ1) is 63.2. The number of fused-ring (bicyclic) bond motifs is 1. The molecule has 0 aliphatic carbocycles. The summed E-state index contributed by atoms with van der Waals surface area (Å²) in [6.07, 6.45) is 64.7. The predicted octanol–water partition coefficient (Wildman–Crippen LogP) is 21.2. The molecule has 8 heteroatoms. The lowest BCUT2D eigenvalue weighted by molar-refractivity contribution is -0.189. The number of rotatable bonds is 2. The summed E-state index contributed by atoms with van der Waals surface area (Å²) in [7, 11) is 0. The van der Waals surface area contributed by atoms with Gasteiger partial charge in [-0.05, 0) is 67.3 Å². The van der Waals surface area contributed by atoms with Crippen molar-refractivity contribution in [2.24, 2.45) is 5.41 Å². The number of nitrogens with zero attached hydrogens (tertiary/aromatic N) is 2. The molecule has 1 spiro atoms. The highest BCUT2D eigenvalue weighted by Gasteiger charge is 2.42. The average Bonchev–Trinajstić information content (AvgIpc) is 3.86. The van der Waals surface area contributed by atoms with Crippen molar-refractivity contribution < 1.29 is 22.7 Å². The van der Waals surface area contributed by atoms with Gasteiger partial charge < -0.3 is 15.0 Å². The van der Waals surface area contributed by atoms with Gasteiger partial charge in [0.25, 0.3) is 0 Å². The van der Waals surface area contributed by atoms with E-state index in [9.17, 15) is 18.0 Å². The van der Waals surface area contributed by atoms with Crippen LogP contribution in [0.1, 0.15) is 315 Å². The lowest BCUT2D eigenvalue weighted by atomic mass is 9.78. The molecule has 5 nitrogen and oxygen atoms in total. The minimum Gasteiger partial charge on any atom is -0.400 e. The van der Waals surface area contributed by atoms with E-state index in [4.69, 9.17) is 4.74 Å². The largest absolute Gasteiger partial charge is 0.491 e. The Morgan fingerprint density at radius 3 is 1.15 bits per heavy atom. The normalized spacial score (nSPS) is 23.7. The van der Waals surface area contributed by atoms with E-state index in [1.54, 1.807) is 12.1 Å². The number of anilines is 1. The number of benzene rings is 1. The summed E-state index contributed by atoms with van der Waals surface area (Å²) < 4.78 is 44.0. The first-order chi connectivity index (χ1) is 35.9. The highest BCUT2D eigenvalue weighted by atomic mass is 19.4. The Morgan fingerprint density at radius 1 is 0.452 bits per heavy atom. The highest BCUT2D eigenvalue weighted by molar-refractivity contribution is 5.91. The van der Waals surface area contributed by atoms with Gasteiger partial charge in [-0.2, -0.15) is 13.2 Å². The summed E-state index contributed by atoms with van der Waals surface area (Å²) >= 11 is 0. The molecule has 73 heavy (non-hydrogen) atoms. The fourth-order valence-corrected chi connectivity index (χ4v) is 12.2.